The summed E-state index contributed by atoms with van der Waals surface area (Å²) >= 11 is 0. The molecule has 1 N–H and O–H groups in total. The predicted octanol–water partition coefficient (Wildman–Crippen LogP) is 5.61. The average molecular weight is 324 g/mol. The Hall–Kier alpha value is -2.82. The first-order valence-electron chi connectivity index (χ1n) is 7.91. The Bertz CT molecular complexity index is 903. The summed E-state index contributed by atoms with van der Waals surface area (Å²) in [6.07, 6.45) is 2.03. The van der Waals surface area contributed by atoms with Crippen molar-refractivity contribution in [2.24, 2.45) is 0 Å². The van der Waals surface area contributed by atoms with E-state index in [1.165, 1.54) is 17.7 Å². The average Bonchev–Trinajstić information content (AvgIpc) is 2.93. The standard InChI is InChI=1S/C19H20N2O3/c1-11(2)17-10-20-18-6-5-15(9-16(17)18)24-19-12(3)7-14(21(22)23)8-13(19)4/h5-11,20H,1-4H3. The zero-order valence-corrected chi connectivity index (χ0v) is 14.2. The zero-order chi connectivity index (χ0) is 17.4. The molecule has 0 fully saturated rings. The van der Waals surface area contributed by atoms with Crippen LogP contribution in [0.25, 0.3) is 10.9 Å². The number of H-pyrrole nitrogens is 1. The molecule has 0 saturated carbocycles. The van der Waals surface area contributed by atoms with Crippen LogP contribution in [0.2, 0.25) is 0 Å². The third-order valence-corrected chi connectivity index (χ3v) is 4.18. The van der Waals surface area contributed by atoms with Gasteiger partial charge in [0.1, 0.15) is 11.5 Å². The van der Waals surface area contributed by atoms with Crippen LogP contribution < -0.4 is 4.74 Å². The Kier molecular flexibility index (Phi) is 4.01. The minimum Gasteiger partial charge on any atom is -0.457 e. The highest BCUT2D eigenvalue weighted by Crippen LogP contribution is 2.34. The first-order valence-corrected chi connectivity index (χ1v) is 7.91. The van der Waals surface area contributed by atoms with Crippen LogP contribution in [0, 0.1) is 24.0 Å². The Morgan fingerprint density at radius 1 is 1.12 bits per heavy atom. The van der Waals surface area contributed by atoms with E-state index in [1.807, 2.05) is 38.2 Å². The molecule has 5 nitrogen and oxygen atoms in total. The molecule has 0 radical (unpaired) electrons. The van der Waals surface area contributed by atoms with Gasteiger partial charge in [-0.3, -0.25) is 10.1 Å². The molecule has 1 aromatic heterocycles. The number of rotatable bonds is 4. The van der Waals surface area contributed by atoms with E-state index in [2.05, 4.69) is 18.8 Å². The number of fused-ring (bicyclic) bond motifs is 1. The van der Waals surface area contributed by atoms with E-state index in [0.29, 0.717) is 11.7 Å². The molecule has 0 amide bonds. The molecule has 0 spiro atoms. The lowest BCUT2D eigenvalue weighted by Gasteiger charge is -2.12. The number of hydrogen-bond donors (Lipinski definition) is 1. The molecule has 0 aliphatic heterocycles. The van der Waals surface area contributed by atoms with Gasteiger partial charge in [0.05, 0.1) is 4.92 Å². The van der Waals surface area contributed by atoms with Gasteiger partial charge in [-0.25, -0.2) is 0 Å². The highest BCUT2D eigenvalue weighted by molar-refractivity contribution is 5.85. The molecule has 0 unspecified atom stereocenters. The quantitative estimate of drug-likeness (QED) is 0.501. The maximum atomic E-state index is 11.0. The lowest BCUT2D eigenvalue weighted by atomic mass is 10.0. The first kappa shape index (κ1) is 16.1. The maximum absolute atomic E-state index is 11.0. The van der Waals surface area contributed by atoms with E-state index >= 15 is 0 Å². The van der Waals surface area contributed by atoms with Gasteiger partial charge in [-0.2, -0.15) is 0 Å². The summed E-state index contributed by atoms with van der Waals surface area (Å²) in [5.41, 5.74) is 3.90. The second-order valence-electron chi connectivity index (χ2n) is 6.37. The summed E-state index contributed by atoms with van der Waals surface area (Å²) in [5, 5.41) is 12.1. The van der Waals surface area contributed by atoms with Crippen molar-refractivity contribution in [1.82, 2.24) is 4.98 Å². The van der Waals surface area contributed by atoms with Crippen molar-refractivity contribution in [3.63, 3.8) is 0 Å². The van der Waals surface area contributed by atoms with Gasteiger partial charge in [0.15, 0.2) is 0 Å². The van der Waals surface area contributed by atoms with Gasteiger partial charge in [-0.15, -0.1) is 0 Å². The molecule has 0 saturated heterocycles. The summed E-state index contributed by atoms with van der Waals surface area (Å²) < 4.78 is 6.05. The molecule has 3 rings (SSSR count). The molecule has 24 heavy (non-hydrogen) atoms. The van der Waals surface area contributed by atoms with Crippen molar-refractivity contribution >= 4 is 16.6 Å². The van der Waals surface area contributed by atoms with Crippen molar-refractivity contribution in [3.8, 4) is 11.5 Å². The van der Waals surface area contributed by atoms with Crippen molar-refractivity contribution in [1.29, 1.82) is 0 Å². The fraction of sp³-hybridized carbons (Fsp3) is 0.263. The molecular weight excluding hydrogens is 304 g/mol. The third-order valence-electron chi connectivity index (χ3n) is 4.18. The highest BCUT2D eigenvalue weighted by atomic mass is 16.6. The number of non-ortho nitro benzene ring substituents is 1. The molecule has 0 atom stereocenters. The monoisotopic (exact) mass is 324 g/mol. The number of nitrogens with zero attached hydrogens (tertiary/aromatic N) is 1. The minimum absolute atomic E-state index is 0.0838. The lowest BCUT2D eigenvalue weighted by molar-refractivity contribution is -0.385. The molecule has 1 heterocycles. The van der Waals surface area contributed by atoms with E-state index in [1.54, 1.807) is 0 Å². The number of nitro groups is 1. The van der Waals surface area contributed by atoms with Crippen LogP contribution in [-0.2, 0) is 0 Å². The van der Waals surface area contributed by atoms with Crippen LogP contribution in [0.1, 0.15) is 36.5 Å². The van der Waals surface area contributed by atoms with Gasteiger partial charge in [-0.05, 0) is 54.7 Å². The lowest BCUT2D eigenvalue weighted by Crippen LogP contribution is -1.95. The van der Waals surface area contributed by atoms with Crippen molar-refractivity contribution < 1.29 is 9.66 Å². The van der Waals surface area contributed by atoms with E-state index in [-0.39, 0.29) is 10.6 Å². The molecular formula is C19H20N2O3. The minimum atomic E-state index is -0.384. The van der Waals surface area contributed by atoms with Gasteiger partial charge in [0.25, 0.3) is 5.69 Å². The number of nitrogens with one attached hydrogen (secondary N) is 1. The van der Waals surface area contributed by atoms with Crippen LogP contribution in [-0.4, -0.2) is 9.91 Å². The summed E-state index contributed by atoms with van der Waals surface area (Å²) in [5.74, 6) is 1.81. The molecule has 2 aromatic carbocycles. The SMILES string of the molecule is Cc1cc([N+](=O)[O-])cc(C)c1Oc1ccc2[nH]cc(C(C)C)c2c1. The van der Waals surface area contributed by atoms with E-state index in [9.17, 15) is 10.1 Å². The third kappa shape index (κ3) is 2.85. The second-order valence-corrected chi connectivity index (χ2v) is 6.37. The summed E-state index contributed by atoms with van der Waals surface area (Å²) in [7, 11) is 0. The second kappa shape index (κ2) is 6.00. The number of ether oxygens (including phenoxy) is 1. The summed E-state index contributed by atoms with van der Waals surface area (Å²) in [6.45, 7) is 7.95. The van der Waals surface area contributed by atoms with Crippen LogP contribution in [0.3, 0.4) is 0 Å². The van der Waals surface area contributed by atoms with Crippen LogP contribution >= 0.6 is 0 Å². The maximum Gasteiger partial charge on any atom is 0.270 e. The van der Waals surface area contributed by atoms with E-state index in [0.717, 1.165) is 27.8 Å². The summed E-state index contributed by atoms with van der Waals surface area (Å²) in [4.78, 5) is 13.8. The number of nitro benzene ring substituents is 1. The fourth-order valence-electron chi connectivity index (χ4n) is 2.97. The van der Waals surface area contributed by atoms with Gasteiger partial charge in [0, 0.05) is 29.2 Å². The largest absolute Gasteiger partial charge is 0.457 e. The van der Waals surface area contributed by atoms with E-state index in [4.69, 9.17) is 4.74 Å². The normalized spacial score (nSPS) is 11.2. The topological polar surface area (TPSA) is 68.2 Å². The zero-order valence-electron chi connectivity index (χ0n) is 14.2. The molecule has 0 aliphatic rings. The number of aromatic amines is 1. The van der Waals surface area contributed by atoms with Crippen LogP contribution in [0.5, 0.6) is 11.5 Å². The molecule has 0 bridgehead atoms. The first-order chi connectivity index (χ1) is 11.4. The van der Waals surface area contributed by atoms with Gasteiger partial charge in [-0.1, -0.05) is 13.8 Å². The number of aryl methyl sites for hydroxylation is 2. The smallest absolute Gasteiger partial charge is 0.270 e. The molecule has 3 aromatic rings. The molecule has 124 valence electrons. The summed E-state index contributed by atoms with van der Waals surface area (Å²) in [6, 6.07) is 8.99. The van der Waals surface area contributed by atoms with Crippen molar-refractivity contribution in [3.05, 3.63) is 63.3 Å². The Balaban J connectivity index is 2.01. The number of hydrogen-bond acceptors (Lipinski definition) is 3. The number of benzene rings is 2. The highest BCUT2D eigenvalue weighted by Gasteiger charge is 2.14. The molecule has 0 aliphatic carbocycles. The van der Waals surface area contributed by atoms with Crippen LogP contribution in [0.15, 0.2) is 36.5 Å². The van der Waals surface area contributed by atoms with Crippen molar-refractivity contribution in [2.45, 2.75) is 33.6 Å². The van der Waals surface area contributed by atoms with E-state index < -0.39 is 0 Å². The fourth-order valence-corrected chi connectivity index (χ4v) is 2.97. The Morgan fingerprint density at radius 2 is 1.79 bits per heavy atom. The predicted molar refractivity (Wildman–Crippen MR) is 95.0 cm³/mol. The van der Waals surface area contributed by atoms with Gasteiger partial charge in [0.2, 0.25) is 0 Å². The van der Waals surface area contributed by atoms with Crippen molar-refractivity contribution in [2.75, 3.05) is 0 Å². The number of aromatic nitrogens is 1. The van der Waals surface area contributed by atoms with Gasteiger partial charge < -0.3 is 9.72 Å². The molecule has 5 heteroatoms. The van der Waals surface area contributed by atoms with Crippen LogP contribution in [0.4, 0.5) is 5.69 Å². The van der Waals surface area contributed by atoms with Gasteiger partial charge >= 0.3 is 0 Å². The Morgan fingerprint density at radius 3 is 2.38 bits per heavy atom. The Labute approximate surface area is 140 Å².